The molecule has 2 atom stereocenters. The molecule has 1 aromatic carbocycles. The Morgan fingerprint density at radius 1 is 1.23 bits per heavy atom. The van der Waals surface area contributed by atoms with Crippen LogP contribution >= 0.6 is 15.9 Å². The van der Waals surface area contributed by atoms with Crippen LogP contribution in [0.25, 0.3) is 0 Å². The third-order valence-electron chi connectivity index (χ3n) is 5.68. The fourth-order valence-electron chi connectivity index (χ4n) is 4.06. The van der Waals surface area contributed by atoms with Crippen LogP contribution in [0.4, 0.5) is 5.69 Å². The van der Waals surface area contributed by atoms with Gasteiger partial charge in [-0.15, -0.1) is 0 Å². The van der Waals surface area contributed by atoms with E-state index in [-0.39, 0.29) is 30.2 Å². The maximum Gasteiger partial charge on any atom is 0.227 e. The molecule has 0 radical (unpaired) electrons. The molecular formula is C22H26BrN3O4. The van der Waals surface area contributed by atoms with Crippen molar-refractivity contribution in [3.05, 3.63) is 52.4 Å². The van der Waals surface area contributed by atoms with Crippen LogP contribution in [0.1, 0.15) is 24.0 Å². The van der Waals surface area contributed by atoms with Crippen molar-refractivity contribution in [2.75, 3.05) is 44.3 Å². The number of halogens is 1. The van der Waals surface area contributed by atoms with Gasteiger partial charge in [0, 0.05) is 37.1 Å². The first-order chi connectivity index (χ1) is 14.5. The lowest BCUT2D eigenvalue weighted by molar-refractivity contribution is -0.126. The molecule has 0 spiro atoms. The highest BCUT2D eigenvalue weighted by Crippen LogP contribution is 2.31. The number of aryl methyl sites for hydroxylation is 1. The summed E-state index contributed by atoms with van der Waals surface area (Å²) in [4.78, 5) is 29.4. The van der Waals surface area contributed by atoms with Crippen LogP contribution in [0.15, 0.2) is 45.3 Å². The summed E-state index contributed by atoms with van der Waals surface area (Å²) in [5.74, 6) is 1.19. The topological polar surface area (TPSA) is 75.0 Å². The van der Waals surface area contributed by atoms with Crippen LogP contribution in [-0.2, 0) is 14.3 Å². The summed E-state index contributed by atoms with van der Waals surface area (Å²) in [5.41, 5.74) is 0.801. The lowest BCUT2D eigenvalue weighted by atomic mass is 10.1. The van der Waals surface area contributed by atoms with Crippen LogP contribution in [0.2, 0.25) is 0 Å². The smallest absolute Gasteiger partial charge is 0.227 e. The Kier molecular flexibility index (Phi) is 6.55. The number of carbonyl (C=O) groups excluding carboxylic acids is 2. The Morgan fingerprint density at radius 2 is 2.00 bits per heavy atom. The van der Waals surface area contributed by atoms with Gasteiger partial charge >= 0.3 is 0 Å². The van der Waals surface area contributed by atoms with E-state index in [0.717, 1.165) is 34.8 Å². The predicted octanol–water partition coefficient (Wildman–Crippen LogP) is 2.89. The summed E-state index contributed by atoms with van der Waals surface area (Å²) in [6.45, 7) is 5.65. The van der Waals surface area contributed by atoms with Gasteiger partial charge in [0.2, 0.25) is 11.8 Å². The maximum atomic E-state index is 12.9. The average Bonchev–Trinajstić information content (AvgIpc) is 3.35. The fourth-order valence-corrected chi connectivity index (χ4v) is 4.56. The highest BCUT2D eigenvalue weighted by Gasteiger charge is 2.36. The first kappa shape index (κ1) is 21.1. The fraction of sp³-hybridized carbons (Fsp3) is 0.455. The molecular weight excluding hydrogens is 450 g/mol. The summed E-state index contributed by atoms with van der Waals surface area (Å²) < 4.78 is 12.2. The Labute approximate surface area is 184 Å². The summed E-state index contributed by atoms with van der Waals surface area (Å²) in [6.07, 6.45) is 0.218. The third kappa shape index (κ3) is 4.61. The highest BCUT2D eigenvalue weighted by atomic mass is 79.9. The molecule has 8 heteroatoms. The number of hydrogen-bond donors (Lipinski definition) is 1. The van der Waals surface area contributed by atoms with Crippen molar-refractivity contribution in [1.82, 2.24) is 10.2 Å². The number of hydrogen-bond acceptors (Lipinski definition) is 5. The normalized spacial score (nSPS) is 21.1. The Hall–Kier alpha value is -2.16. The molecule has 2 aromatic rings. The largest absolute Gasteiger partial charge is 0.465 e. The molecule has 0 bridgehead atoms. The van der Waals surface area contributed by atoms with Gasteiger partial charge < -0.3 is 19.4 Å². The second kappa shape index (κ2) is 9.32. The van der Waals surface area contributed by atoms with Gasteiger partial charge in [0.25, 0.3) is 0 Å². The number of amides is 2. The van der Waals surface area contributed by atoms with Gasteiger partial charge in [-0.3, -0.25) is 14.5 Å². The molecule has 0 saturated carbocycles. The lowest BCUT2D eigenvalue weighted by Gasteiger charge is -2.33. The van der Waals surface area contributed by atoms with Crippen molar-refractivity contribution in [3.63, 3.8) is 0 Å². The number of furan rings is 1. The molecule has 3 heterocycles. The van der Waals surface area contributed by atoms with Crippen molar-refractivity contribution in [3.8, 4) is 0 Å². The van der Waals surface area contributed by atoms with E-state index in [1.165, 1.54) is 0 Å². The van der Waals surface area contributed by atoms with E-state index in [1.807, 2.05) is 43.3 Å². The van der Waals surface area contributed by atoms with Crippen LogP contribution < -0.4 is 10.2 Å². The zero-order valence-corrected chi connectivity index (χ0v) is 18.6. The zero-order chi connectivity index (χ0) is 21.1. The molecule has 30 heavy (non-hydrogen) atoms. The minimum atomic E-state index is -0.367. The average molecular weight is 476 g/mol. The quantitative estimate of drug-likeness (QED) is 0.694. The molecule has 4 rings (SSSR count). The van der Waals surface area contributed by atoms with Crippen molar-refractivity contribution < 1.29 is 18.7 Å². The van der Waals surface area contributed by atoms with Gasteiger partial charge in [-0.1, -0.05) is 12.1 Å². The van der Waals surface area contributed by atoms with Gasteiger partial charge in [0.1, 0.15) is 11.5 Å². The Morgan fingerprint density at radius 3 is 2.70 bits per heavy atom. The number of anilines is 1. The number of benzene rings is 1. The van der Waals surface area contributed by atoms with E-state index in [1.54, 1.807) is 4.90 Å². The van der Waals surface area contributed by atoms with Crippen LogP contribution in [-0.4, -0.2) is 56.1 Å². The lowest BCUT2D eigenvalue weighted by Crippen LogP contribution is -2.44. The molecule has 2 amide bonds. The molecule has 2 fully saturated rings. The summed E-state index contributed by atoms with van der Waals surface area (Å²) in [6, 6.07) is 11.4. The van der Waals surface area contributed by atoms with Gasteiger partial charge in [-0.2, -0.15) is 0 Å². The highest BCUT2D eigenvalue weighted by molar-refractivity contribution is 9.10. The third-order valence-corrected chi connectivity index (χ3v) is 6.36. The number of morpholine rings is 1. The van der Waals surface area contributed by atoms with Crippen LogP contribution in [0.5, 0.6) is 0 Å². The SMILES string of the molecule is Cc1ccc(C(CNC(=O)C2CC(=O)N(c3ccccc3Br)C2)N2CCOCC2)o1. The maximum absolute atomic E-state index is 12.9. The van der Waals surface area contributed by atoms with E-state index < -0.39 is 0 Å². The van der Waals surface area contributed by atoms with Crippen molar-refractivity contribution in [2.24, 2.45) is 5.92 Å². The van der Waals surface area contributed by atoms with Gasteiger partial charge in [0.15, 0.2) is 0 Å². The van der Waals surface area contributed by atoms with Crippen molar-refractivity contribution in [2.45, 2.75) is 19.4 Å². The summed E-state index contributed by atoms with van der Waals surface area (Å²) >= 11 is 3.49. The first-order valence-electron chi connectivity index (χ1n) is 10.2. The second-order valence-electron chi connectivity index (χ2n) is 7.71. The van der Waals surface area contributed by atoms with Crippen LogP contribution in [0.3, 0.4) is 0 Å². The van der Waals surface area contributed by atoms with E-state index in [4.69, 9.17) is 9.15 Å². The molecule has 1 N–H and O–H groups in total. The standard InChI is InChI=1S/C22H26BrN3O4/c1-15-6-7-20(30-15)19(25-8-10-29-11-9-25)13-24-22(28)16-12-21(27)26(14-16)18-5-3-2-4-17(18)23/h2-7,16,19H,8-14H2,1H3,(H,24,28). The summed E-state index contributed by atoms with van der Waals surface area (Å²) in [5, 5.41) is 3.06. The molecule has 2 saturated heterocycles. The molecule has 160 valence electrons. The molecule has 2 aliphatic rings. The molecule has 2 aliphatic heterocycles. The van der Waals surface area contributed by atoms with Crippen molar-refractivity contribution >= 4 is 33.4 Å². The predicted molar refractivity (Wildman–Crippen MR) is 116 cm³/mol. The molecule has 7 nitrogen and oxygen atoms in total. The van der Waals surface area contributed by atoms with E-state index in [2.05, 4.69) is 26.1 Å². The second-order valence-corrected chi connectivity index (χ2v) is 8.57. The molecule has 2 unspecified atom stereocenters. The van der Waals surface area contributed by atoms with E-state index >= 15 is 0 Å². The van der Waals surface area contributed by atoms with Gasteiger partial charge in [0.05, 0.1) is 30.9 Å². The van der Waals surface area contributed by atoms with Crippen LogP contribution in [0, 0.1) is 12.8 Å². The Balaban J connectivity index is 1.41. The summed E-state index contributed by atoms with van der Waals surface area (Å²) in [7, 11) is 0. The van der Waals surface area contributed by atoms with E-state index in [9.17, 15) is 9.59 Å². The minimum Gasteiger partial charge on any atom is -0.465 e. The van der Waals surface area contributed by atoms with Gasteiger partial charge in [-0.25, -0.2) is 0 Å². The number of nitrogens with one attached hydrogen (secondary N) is 1. The number of carbonyl (C=O) groups is 2. The van der Waals surface area contributed by atoms with Crippen molar-refractivity contribution in [1.29, 1.82) is 0 Å². The molecule has 1 aromatic heterocycles. The molecule has 0 aliphatic carbocycles. The monoisotopic (exact) mass is 475 g/mol. The zero-order valence-electron chi connectivity index (χ0n) is 17.0. The first-order valence-corrected chi connectivity index (χ1v) is 11.0. The number of nitrogens with zero attached hydrogens (tertiary/aromatic N) is 2. The number of rotatable bonds is 6. The van der Waals surface area contributed by atoms with Gasteiger partial charge in [-0.05, 0) is 47.1 Å². The van der Waals surface area contributed by atoms with E-state index in [0.29, 0.717) is 26.3 Å². The Bertz CT molecular complexity index is 909. The number of ether oxygens (including phenoxy) is 1. The minimum absolute atomic E-state index is 0.0339. The number of para-hydroxylation sites is 1.